The summed E-state index contributed by atoms with van der Waals surface area (Å²) in [5.74, 6) is 1.16. The van der Waals surface area contributed by atoms with Gasteiger partial charge in [-0.05, 0) is 73.9 Å². The van der Waals surface area contributed by atoms with E-state index in [1.165, 1.54) is 0 Å². The third-order valence-corrected chi connectivity index (χ3v) is 5.20. The summed E-state index contributed by atoms with van der Waals surface area (Å²) in [4.78, 5) is 24.7. The third-order valence-electron chi connectivity index (χ3n) is 5.20. The van der Waals surface area contributed by atoms with Crippen molar-refractivity contribution in [3.8, 4) is 11.5 Å². The van der Waals surface area contributed by atoms with Crippen LogP contribution in [0.3, 0.4) is 0 Å². The van der Waals surface area contributed by atoms with Crippen molar-refractivity contribution in [2.24, 2.45) is 0 Å². The molecular weight excluding hydrogens is 430 g/mol. The first kappa shape index (κ1) is 24.8. The van der Waals surface area contributed by atoms with E-state index in [1.807, 2.05) is 25.1 Å². The molecule has 0 bridgehead atoms. The molecule has 0 spiro atoms. The first-order valence-corrected chi connectivity index (χ1v) is 11.5. The first-order valence-electron chi connectivity index (χ1n) is 11.5. The fourth-order valence-corrected chi connectivity index (χ4v) is 3.48. The van der Waals surface area contributed by atoms with E-state index >= 15 is 0 Å². The summed E-state index contributed by atoms with van der Waals surface area (Å²) in [6.45, 7) is 9.01. The smallest absolute Gasteiger partial charge is 0.338 e. The summed E-state index contributed by atoms with van der Waals surface area (Å²) in [5.41, 5.74) is 3.40. The Morgan fingerprint density at radius 1 is 0.824 bits per heavy atom. The molecule has 0 fully saturated rings. The van der Waals surface area contributed by atoms with E-state index in [0.717, 1.165) is 16.9 Å². The average Bonchev–Trinajstić information content (AvgIpc) is 2.84. The Balaban J connectivity index is 1.76. The molecule has 0 unspecified atom stereocenters. The third kappa shape index (κ3) is 6.38. The SMILES string of the molecule is CCOC(=O)c1ccc(NC(=O)c2ccc(OCC)c(COc3ccccc3C(C)C)c2)cc1. The molecule has 34 heavy (non-hydrogen) atoms. The van der Waals surface area contributed by atoms with Gasteiger partial charge < -0.3 is 19.5 Å². The zero-order chi connectivity index (χ0) is 24.5. The van der Waals surface area contributed by atoms with Crippen LogP contribution in [0.5, 0.6) is 11.5 Å². The average molecular weight is 462 g/mol. The largest absolute Gasteiger partial charge is 0.493 e. The zero-order valence-corrected chi connectivity index (χ0v) is 20.1. The number of anilines is 1. The van der Waals surface area contributed by atoms with Crippen molar-refractivity contribution in [2.45, 2.75) is 40.2 Å². The Labute approximate surface area is 200 Å². The number of para-hydroxylation sites is 1. The second-order valence-corrected chi connectivity index (χ2v) is 7.99. The highest BCUT2D eigenvalue weighted by molar-refractivity contribution is 6.04. The summed E-state index contributed by atoms with van der Waals surface area (Å²) in [6.07, 6.45) is 0. The minimum atomic E-state index is -0.393. The fourth-order valence-electron chi connectivity index (χ4n) is 3.48. The molecule has 0 aromatic heterocycles. The molecule has 1 amide bonds. The van der Waals surface area contributed by atoms with Crippen LogP contribution < -0.4 is 14.8 Å². The van der Waals surface area contributed by atoms with E-state index in [2.05, 4.69) is 25.2 Å². The maximum absolute atomic E-state index is 12.9. The van der Waals surface area contributed by atoms with E-state index in [9.17, 15) is 9.59 Å². The molecule has 0 aliphatic heterocycles. The van der Waals surface area contributed by atoms with Crippen molar-refractivity contribution in [3.05, 3.63) is 89.0 Å². The molecule has 0 saturated heterocycles. The van der Waals surface area contributed by atoms with Gasteiger partial charge in [-0.25, -0.2) is 4.79 Å². The van der Waals surface area contributed by atoms with Gasteiger partial charge in [-0.2, -0.15) is 0 Å². The molecule has 6 nitrogen and oxygen atoms in total. The van der Waals surface area contributed by atoms with Crippen LogP contribution in [0.15, 0.2) is 66.7 Å². The summed E-state index contributed by atoms with van der Waals surface area (Å²) in [6, 6.07) is 19.8. The van der Waals surface area contributed by atoms with Crippen molar-refractivity contribution in [1.82, 2.24) is 0 Å². The van der Waals surface area contributed by atoms with Crippen molar-refractivity contribution < 1.29 is 23.8 Å². The molecule has 6 heteroatoms. The van der Waals surface area contributed by atoms with E-state index in [0.29, 0.717) is 41.7 Å². The Hall–Kier alpha value is -3.80. The molecule has 0 saturated carbocycles. The Morgan fingerprint density at radius 3 is 2.21 bits per heavy atom. The summed E-state index contributed by atoms with van der Waals surface area (Å²) in [5, 5.41) is 2.86. The molecule has 3 aromatic rings. The van der Waals surface area contributed by atoms with Gasteiger partial charge in [-0.3, -0.25) is 4.79 Å². The molecule has 3 rings (SSSR count). The van der Waals surface area contributed by atoms with Crippen LogP contribution in [0.25, 0.3) is 0 Å². The number of benzene rings is 3. The minimum Gasteiger partial charge on any atom is -0.493 e. The molecule has 3 aromatic carbocycles. The second-order valence-electron chi connectivity index (χ2n) is 7.99. The first-order chi connectivity index (χ1) is 16.4. The highest BCUT2D eigenvalue weighted by atomic mass is 16.5. The molecule has 0 aliphatic carbocycles. The number of esters is 1. The van der Waals surface area contributed by atoms with Gasteiger partial charge in [-0.1, -0.05) is 32.0 Å². The maximum Gasteiger partial charge on any atom is 0.338 e. The Bertz CT molecular complexity index is 1120. The van der Waals surface area contributed by atoms with Crippen molar-refractivity contribution >= 4 is 17.6 Å². The lowest BCUT2D eigenvalue weighted by molar-refractivity contribution is 0.0526. The number of nitrogens with one attached hydrogen (secondary N) is 1. The molecule has 0 heterocycles. The standard InChI is InChI=1S/C28H31NO5/c1-5-32-25-16-13-21(17-22(25)18-34-26-10-8-7-9-24(26)19(3)4)27(30)29-23-14-11-20(12-15-23)28(31)33-6-2/h7-17,19H,5-6,18H2,1-4H3,(H,29,30). The molecular formula is C28H31NO5. The van der Waals surface area contributed by atoms with Crippen molar-refractivity contribution in [1.29, 1.82) is 0 Å². The van der Waals surface area contributed by atoms with Gasteiger partial charge in [0, 0.05) is 16.8 Å². The van der Waals surface area contributed by atoms with Gasteiger partial charge >= 0.3 is 5.97 Å². The number of carbonyl (C=O) groups excluding carboxylic acids is 2. The second kappa shape index (κ2) is 11.9. The molecule has 0 radical (unpaired) electrons. The monoisotopic (exact) mass is 461 g/mol. The van der Waals surface area contributed by atoms with E-state index in [-0.39, 0.29) is 12.5 Å². The number of hydrogen-bond acceptors (Lipinski definition) is 5. The minimum absolute atomic E-state index is 0.268. The van der Waals surface area contributed by atoms with Gasteiger partial charge in [0.05, 0.1) is 18.8 Å². The number of carbonyl (C=O) groups is 2. The summed E-state index contributed by atoms with van der Waals surface area (Å²) >= 11 is 0. The zero-order valence-electron chi connectivity index (χ0n) is 20.1. The predicted octanol–water partition coefficient (Wildman–Crippen LogP) is 6.22. The highest BCUT2D eigenvalue weighted by Gasteiger charge is 2.14. The van der Waals surface area contributed by atoms with Gasteiger partial charge in [0.1, 0.15) is 18.1 Å². The van der Waals surface area contributed by atoms with Crippen molar-refractivity contribution in [2.75, 3.05) is 18.5 Å². The van der Waals surface area contributed by atoms with Crippen LogP contribution in [0, 0.1) is 0 Å². The fraction of sp³-hybridized carbons (Fsp3) is 0.286. The molecule has 1 N–H and O–H groups in total. The lowest BCUT2D eigenvalue weighted by Gasteiger charge is -2.16. The normalized spacial score (nSPS) is 10.6. The lowest BCUT2D eigenvalue weighted by Crippen LogP contribution is -2.13. The van der Waals surface area contributed by atoms with Crippen LogP contribution in [-0.2, 0) is 11.3 Å². The Morgan fingerprint density at radius 2 is 1.53 bits per heavy atom. The Kier molecular flexibility index (Phi) is 8.68. The van der Waals surface area contributed by atoms with Crippen molar-refractivity contribution in [3.63, 3.8) is 0 Å². The number of amides is 1. The lowest BCUT2D eigenvalue weighted by atomic mass is 10.0. The van der Waals surface area contributed by atoms with Gasteiger partial charge in [0.2, 0.25) is 0 Å². The van der Waals surface area contributed by atoms with E-state index < -0.39 is 5.97 Å². The van der Waals surface area contributed by atoms with E-state index in [1.54, 1.807) is 49.4 Å². The summed E-state index contributed by atoms with van der Waals surface area (Å²) in [7, 11) is 0. The molecule has 0 aliphatic rings. The van der Waals surface area contributed by atoms with Crippen LogP contribution in [0.4, 0.5) is 5.69 Å². The molecule has 0 atom stereocenters. The van der Waals surface area contributed by atoms with Crippen LogP contribution in [-0.4, -0.2) is 25.1 Å². The van der Waals surface area contributed by atoms with Crippen LogP contribution >= 0.6 is 0 Å². The van der Waals surface area contributed by atoms with Gasteiger partial charge in [0.25, 0.3) is 5.91 Å². The van der Waals surface area contributed by atoms with Crippen LogP contribution in [0.2, 0.25) is 0 Å². The van der Waals surface area contributed by atoms with Gasteiger partial charge in [0.15, 0.2) is 0 Å². The quantitative estimate of drug-likeness (QED) is 0.363. The topological polar surface area (TPSA) is 73.9 Å². The number of ether oxygens (including phenoxy) is 3. The van der Waals surface area contributed by atoms with Gasteiger partial charge in [-0.15, -0.1) is 0 Å². The predicted molar refractivity (Wildman–Crippen MR) is 133 cm³/mol. The van der Waals surface area contributed by atoms with Crippen LogP contribution in [0.1, 0.15) is 65.5 Å². The number of hydrogen-bond donors (Lipinski definition) is 1. The maximum atomic E-state index is 12.9. The number of rotatable bonds is 10. The summed E-state index contributed by atoms with van der Waals surface area (Å²) < 4.78 is 16.9. The molecule has 178 valence electrons. The van der Waals surface area contributed by atoms with E-state index in [4.69, 9.17) is 14.2 Å². The highest BCUT2D eigenvalue weighted by Crippen LogP contribution is 2.28.